The molecule has 1 aromatic heterocycles. The summed E-state index contributed by atoms with van der Waals surface area (Å²) >= 11 is -2.31. The molecule has 1 unspecified atom stereocenters. The summed E-state index contributed by atoms with van der Waals surface area (Å²) in [7, 11) is 5.73. The number of ether oxygens (including phenoxy) is 2. The van der Waals surface area contributed by atoms with E-state index in [1.54, 1.807) is 12.1 Å². The van der Waals surface area contributed by atoms with Crippen molar-refractivity contribution in [3.05, 3.63) is 35.7 Å². The van der Waals surface area contributed by atoms with Gasteiger partial charge in [-0.3, -0.25) is 4.21 Å². The molecule has 0 saturated carbocycles. The number of likely N-dealkylation sites (tertiary alicyclic amines) is 2. The molecule has 4 rings (SSSR count). The fraction of sp³-hybridized carbons (Fsp3) is 0.609. The molecule has 10 nitrogen and oxygen atoms in total. The summed E-state index contributed by atoms with van der Waals surface area (Å²) < 4.78 is 35.8. The monoisotopic (exact) mass is 489 g/mol. The minimum atomic E-state index is -2.31. The highest BCUT2D eigenvalue weighted by atomic mass is 32.2. The molecule has 3 heterocycles. The van der Waals surface area contributed by atoms with E-state index in [-0.39, 0.29) is 12.2 Å². The highest BCUT2D eigenvalue weighted by Gasteiger charge is 2.23. The van der Waals surface area contributed by atoms with Crippen molar-refractivity contribution in [2.75, 3.05) is 51.6 Å². The molecule has 0 N–H and O–H groups in total. The van der Waals surface area contributed by atoms with Crippen molar-refractivity contribution in [3.8, 4) is 12.0 Å². The lowest BCUT2D eigenvalue weighted by atomic mass is 10.1. The lowest BCUT2D eigenvalue weighted by Crippen LogP contribution is -2.36. The zero-order valence-corrected chi connectivity index (χ0v) is 20.9. The lowest BCUT2D eigenvalue weighted by molar-refractivity contribution is 0.0915. The molecular formula is C23H33N6O4S-. The van der Waals surface area contributed by atoms with E-state index in [1.807, 2.05) is 12.1 Å². The van der Waals surface area contributed by atoms with Gasteiger partial charge in [-0.2, -0.15) is 9.97 Å². The van der Waals surface area contributed by atoms with E-state index in [4.69, 9.17) is 9.47 Å². The standard InChI is InChI=1S/C23H34N6O4S/c1-27-12-8-19(9-13-27)32-22-24-21(16-17-4-6-18(7-5-17)29(3)34(30)31)25-23(26-22)33-20-10-14-28(2)15-11-20/h4-7,19-20H,8-16H2,1-3H3,(H,30,31)/p-1. The van der Waals surface area contributed by atoms with E-state index in [2.05, 4.69) is 38.8 Å². The summed E-state index contributed by atoms with van der Waals surface area (Å²) in [5.74, 6) is 0.564. The second-order valence-corrected chi connectivity index (χ2v) is 10.1. The summed E-state index contributed by atoms with van der Waals surface area (Å²) in [4.78, 5) is 18.2. The minimum Gasteiger partial charge on any atom is -0.755 e. The molecule has 186 valence electrons. The van der Waals surface area contributed by atoms with Crippen LogP contribution in [0.25, 0.3) is 0 Å². The van der Waals surface area contributed by atoms with Crippen LogP contribution in [0, 0.1) is 0 Å². The predicted molar refractivity (Wildman–Crippen MR) is 129 cm³/mol. The Kier molecular flexibility index (Phi) is 8.30. The summed E-state index contributed by atoms with van der Waals surface area (Å²) in [6, 6.07) is 7.88. The highest BCUT2D eigenvalue weighted by molar-refractivity contribution is 7.80. The van der Waals surface area contributed by atoms with Crippen LogP contribution in [0.3, 0.4) is 0 Å². The maximum absolute atomic E-state index is 11.2. The van der Waals surface area contributed by atoms with Gasteiger partial charge in [0.05, 0.1) is 0 Å². The molecule has 0 radical (unpaired) electrons. The molecule has 2 saturated heterocycles. The maximum Gasteiger partial charge on any atom is 0.323 e. The van der Waals surface area contributed by atoms with Gasteiger partial charge in [0.15, 0.2) is 0 Å². The smallest absolute Gasteiger partial charge is 0.323 e. The summed E-state index contributed by atoms with van der Waals surface area (Å²) in [6.07, 6.45) is 4.32. The molecule has 0 spiro atoms. The van der Waals surface area contributed by atoms with Gasteiger partial charge in [-0.1, -0.05) is 12.1 Å². The number of aromatic nitrogens is 3. The van der Waals surface area contributed by atoms with E-state index in [9.17, 15) is 8.76 Å². The van der Waals surface area contributed by atoms with Crippen molar-refractivity contribution in [1.82, 2.24) is 24.8 Å². The average molecular weight is 490 g/mol. The number of rotatable bonds is 8. The van der Waals surface area contributed by atoms with E-state index in [1.165, 1.54) is 11.4 Å². The fourth-order valence-electron chi connectivity index (χ4n) is 4.16. The van der Waals surface area contributed by atoms with Crippen LogP contribution in [0.2, 0.25) is 0 Å². The molecule has 0 amide bonds. The van der Waals surface area contributed by atoms with Crippen molar-refractivity contribution in [3.63, 3.8) is 0 Å². The molecular weight excluding hydrogens is 456 g/mol. The average Bonchev–Trinajstić information content (AvgIpc) is 2.82. The van der Waals surface area contributed by atoms with Crippen LogP contribution in [0.5, 0.6) is 12.0 Å². The van der Waals surface area contributed by atoms with Crippen molar-refractivity contribution < 1.29 is 18.2 Å². The van der Waals surface area contributed by atoms with Gasteiger partial charge in [0.2, 0.25) is 0 Å². The van der Waals surface area contributed by atoms with Crippen LogP contribution in [0.15, 0.2) is 24.3 Å². The molecule has 11 heteroatoms. The number of nitrogens with zero attached hydrogens (tertiary/aromatic N) is 6. The molecule has 34 heavy (non-hydrogen) atoms. The molecule has 2 aromatic rings. The SMILES string of the molecule is CN1CCC(Oc2nc(Cc3ccc(N(C)S(=O)[O-])cc3)nc(OC3CCN(C)CC3)n2)CC1. The Morgan fingerprint density at radius 2 is 1.38 bits per heavy atom. The van der Waals surface area contributed by atoms with Crippen LogP contribution in [-0.2, 0) is 17.7 Å². The number of benzene rings is 1. The van der Waals surface area contributed by atoms with Gasteiger partial charge in [0, 0.05) is 56.6 Å². The molecule has 2 fully saturated rings. The third-order valence-corrected chi connectivity index (χ3v) is 7.06. The molecule has 0 bridgehead atoms. The second kappa shape index (κ2) is 11.4. The van der Waals surface area contributed by atoms with Gasteiger partial charge in [-0.05, 0) is 57.5 Å². The Morgan fingerprint density at radius 1 is 0.912 bits per heavy atom. The zero-order valence-electron chi connectivity index (χ0n) is 20.1. The molecule has 1 atom stereocenters. The highest BCUT2D eigenvalue weighted by Crippen LogP contribution is 2.22. The Morgan fingerprint density at radius 3 is 1.82 bits per heavy atom. The van der Waals surface area contributed by atoms with E-state index < -0.39 is 11.3 Å². The van der Waals surface area contributed by atoms with Crippen molar-refractivity contribution >= 4 is 17.0 Å². The largest absolute Gasteiger partial charge is 0.755 e. The summed E-state index contributed by atoms with van der Waals surface area (Å²) in [5.41, 5.74) is 1.54. The Balaban J connectivity index is 1.50. The van der Waals surface area contributed by atoms with Crippen LogP contribution in [0.4, 0.5) is 5.69 Å². The Hall–Kier alpha value is -2.34. The van der Waals surface area contributed by atoms with E-state index in [0.717, 1.165) is 57.4 Å². The van der Waals surface area contributed by atoms with Crippen LogP contribution in [-0.4, -0.2) is 93.0 Å². The quantitative estimate of drug-likeness (QED) is 0.512. The molecule has 2 aliphatic rings. The van der Waals surface area contributed by atoms with E-state index >= 15 is 0 Å². The number of hydrogen-bond acceptors (Lipinski definition) is 9. The molecule has 2 aliphatic heterocycles. The summed E-state index contributed by atoms with van der Waals surface area (Å²) in [6.45, 7) is 3.93. The van der Waals surface area contributed by atoms with Crippen LogP contribution >= 0.6 is 0 Å². The van der Waals surface area contributed by atoms with Crippen molar-refractivity contribution in [2.24, 2.45) is 0 Å². The van der Waals surface area contributed by atoms with Gasteiger partial charge in [0.1, 0.15) is 18.0 Å². The fourth-order valence-corrected chi connectivity index (χ4v) is 4.45. The van der Waals surface area contributed by atoms with Gasteiger partial charge in [-0.25, -0.2) is 0 Å². The maximum atomic E-state index is 11.2. The molecule has 0 aliphatic carbocycles. The van der Waals surface area contributed by atoms with Gasteiger partial charge >= 0.3 is 12.0 Å². The minimum absolute atomic E-state index is 0.0745. The Labute approximate surface area is 203 Å². The Bertz CT molecular complexity index is 920. The van der Waals surface area contributed by atoms with Crippen molar-refractivity contribution in [2.45, 2.75) is 44.3 Å². The zero-order chi connectivity index (χ0) is 24.1. The first kappa shape index (κ1) is 24.8. The number of anilines is 1. The number of piperidine rings is 2. The second-order valence-electron chi connectivity index (χ2n) is 9.12. The van der Waals surface area contributed by atoms with Crippen LogP contribution < -0.4 is 13.8 Å². The third kappa shape index (κ3) is 6.84. The van der Waals surface area contributed by atoms with Gasteiger partial charge in [-0.15, -0.1) is 4.98 Å². The first-order valence-electron chi connectivity index (χ1n) is 11.7. The predicted octanol–water partition coefficient (Wildman–Crippen LogP) is 1.64. The summed E-state index contributed by atoms with van der Waals surface area (Å²) in [5, 5.41) is 0. The number of hydrogen-bond donors (Lipinski definition) is 0. The van der Waals surface area contributed by atoms with Crippen LogP contribution in [0.1, 0.15) is 37.1 Å². The first-order chi connectivity index (χ1) is 16.4. The van der Waals surface area contributed by atoms with Crippen molar-refractivity contribution in [1.29, 1.82) is 0 Å². The van der Waals surface area contributed by atoms with E-state index in [0.29, 0.717) is 30.0 Å². The normalized spacial score (nSPS) is 19.6. The lowest BCUT2D eigenvalue weighted by Gasteiger charge is -2.29. The van der Waals surface area contributed by atoms with Gasteiger partial charge in [0.25, 0.3) is 0 Å². The third-order valence-electron chi connectivity index (χ3n) is 6.40. The van der Waals surface area contributed by atoms with Gasteiger partial charge < -0.3 is 28.1 Å². The molecule has 1 aromatic carbocycles. The first-order valence-corrected chi connectivity index (χ1v) is 12.8. The topological polar surface area (TPSA) is 107 Å².